The molecule has 2 aliphatic rings. The molecule has 1 N–H and O–H groups in total. The first kappa shape index (κ1) is 33.7. The van der Waals surface area contributed by atoms with Gasteiger partial charge in [0.25, 0.3) is 11.8 Å². The molecular weight excluding hydrogens is 664 g/mol. The topological polar surface area (TPSA) is 140 Å². The Morgan fingerprint density at radius 2 is 1.78 bits per heavy atom. The second kappa shape index (κ2) is 12.4. The van der Waals surface area contributed by atoms with E-state index in [4.69, 9.17) is 9.15 Å². The lowest BCUT2D eigenvalue weighted by Crippen LogP contribution is -2.49. The molecule has 6 rings (SSSR count). The van der Waals surface area contributed by atoms with Gasteiger partial charge in [-0.05, 0) is 51.3 Å². The Morgan fingerprint density at radius 1 is 1.08 bits per heavy atom. The lowest BCUT2D eigenvalue weighted by Gasteiger charge is -2.27. The standard InChI is InChI=1S/C31H29F6N7O5/c1-29(2,3)48-28(46)38-21-14-30(33,34)19-13-20(32)18(24-40-41-27(47-24)43-10-4-5-11-43)12-22(19)44(25(21)45)15-16-6-8-17(9-7-16)23-39-26(49-42-23)31(35,36)37/h6-9,12-13,21H,4-5,10-11,14-15H2,1-3H3,(H,38,46)/t21-/m0/s1. The van der Waals surface area contributed by atoms with Crippen molar-refractivity contribution in [2.24, 2.45) is 0 Å². The molecule has 0 aliphatic carbocycles. The molecule has 4 heterocycles. The number of benzene rings is 2. The van der Waals surface area contributed by atoms with Crippen LogP contribution in [0.1, 0.15) is 57.1 Å². The summed E-state index contributed by atoms with van der Waals surface area (Å²) in [6, 6.07) is 5.45. The van der Waals surface area contributed by atoms with E-state index < -0.39 is 65.1 Å². The number of fused-ring (bicyclic) bond motifs is 1. The number of amides is 2. The summed E-state index contributed by atoms with van der Waals surface area (Å²) in [7, 11) is 0. The third-order valence-corrected chi connectivity index (χ3v) is 7.73. The number of rotatable bonds is 6. The number of alkyl halides is 5. The summed E-state index contributed by atoms with van der Waals surface area (Å²) < 4.78 is 101. The number of nitrogens with zero attached hydrogens (tertiary/aromatic N) is 6. The molecule has 18 heteroatoms. The zero-order valence-electron chi connectivity index (χ0n) is 26.3. The Morgan fingerprint density at radius 3 is 2.41 bits per heavy atom. The highest BCUT2D eigenvalue weighted by Gasteiger charge is 2.47. The van der Waals surface area contributed by atoms with Gasteiger partial charge in [-0.3, -0.25) is 4.79 Å². The molecule has 1 atom stereocenters. The van der Waals surface area contributed by atoms with Crippen LogP contribution in [0.15, 0.2) is 45.3 Å². The van der Waals surface area contributed by atoms with Gasteiger partial charge in [-0.2, -0.15) is 18.2 Å². The molecule has 12 nitrogen and oxygen atoms in total. The van der Waals surface area contributed by atoms with Crippen LogP contribution in [-0.2, 0) is 28.2 Å². The number of hydrogen-bond donors (Lipinski definition) is 1. The van der Waals surface area contributed by atoms with Gasteiger partial charge in [0.05, 0.1) is 17.8 Å². The smallest absolute Gasteiger partial charge is 0.444 e. The molecule has 0 bridgehead atoms. The van der Waals surface area contributed by atoms with Gasteiger partial charge in [-0.1, -0.05) is 34.5 Å². The number of ether oxygens (including phenoxy) is 1. The van der Waals surface area contributed by atoms with E-state index in [2.05, 4.69) is 30.2 Å². The molecule has 0 saturated carbocycles. The Kier molecular flexibility index (Phi) is 8.52. The number of hydrogen-bond acceptors (Lipinski definition) is 10. The number of carbonyl (C=O) groups is 2. The quantitative estimate of drug-likeness (QED) is 0.224. The normalized spacial score (nSPS) is 18.0. The highest BCUT2D eigenvalue weighted by Crippen LogP contribution is 2.45. The molecule has 2 amide bonds. The van der Waals surface area contributed by atoms with Crippen molar-refractivity contribution in [2.45, 2.75) is 70.3 Å². The van der Waals surface area contributed by atoms with Gasteiger partial charge in [-0.15, -0.1) is 5.10 Å². The van der Waals surface area contributed by atoms with E-state index in [1.54, 1.807) is 25.7 Å². The fraction of sp³-hybridized carbons (Fsp3) is 0.419. The molecule has 1 saturated heterocycles. The van der Waals surface area contributed by atoms with E-state index in [0.717, 1.165) is 23.8 Å². The lowest BCUT2D eigenvalue weighted by molar-refractivity contribution is -0.159. The van der Waals surface area contributed by atoms with Gasteiger partial charge < -0.3 is 28.8 Å². The van der Waals surface area contributed by atoms with Crippen molar-refractivity contribution in [2.75, 3.05) is 22.9 Å². The third kappa shape index (κ3) is 7.17. The third-order valence-electron chi connectivity index (χ3n) is 7.73. The summed E-state index contributed by atoms with van der Waals surface area (Å²) >= 11 is 0. The first-order chi connectivity index (χ1) is 23.0. The van der Waals surface area contributed by atoms with E-state index in [1.165, 1.54) is 24.3 Å². The van der Waals surface area contributed by atoms with Gasteiger partial charge in [0.15, 0.2) is 0 Å². The van der Waals surface area contributed by atoms with Crippen molar-refractivity contribution >= 4 is 23.7 Å². The van der Waals surface area contributed by atoms with E-state index in [9.17, 15) is 22.8 Å². The minimum absolute atomic E-state index is 0.130. The predicted molar refractivity (Wildman–Crippen MR) is 159 cm³/mol. The van der Waals surface area contributed by atoms with Gasteiger partial charge >= 0.3 is 24.2 Å². The SMILES string of the molecule is CC(C)(C)OC(=O)N[C@H]1CC(F)(F)c2cc(F)c(-c3nnc(N4CCCC4)o3)cc2N(Cc2ccc(-c3noc(C(F)(F)F)n3)cc2)C1=O. The molecule has 260 valence electrons. The van der Waals surface area contributed by atoms with E-state index in [-0.39, 0.29) is 35.4 Å². The first-order valence-corrected chi connectivity index (χ1v) is 15.1. The minimum Gasteiger partial charge on any atom is -0.444 e. The first-order valence-electron chi connectivity index (χ1n) is 15.1. The maximum absolute atomic E-state index is 15.9. The Bertz CT molecular complexity index is 1860. The fourth-order valence-corrected chi connectivity index (χ4v) is 5.49. The van der Waals surface area contributed by atoms with Crippen molar-refractivity contribution in [3.63, 3.8) is 0 Å². The predicted octanol–water partition coefficient (Wildman–Crippen LogP) is 6.47. The molecular formula is C31H29F6N7O5. The zero-order valence-corrected chi connectivity index (χ0v) is 26.3. The maximum Gasteiger partial charge on any atom is 0.471 e. The summed E-state index contributed by atoms with van der Waals surface area (Å²) in [5.74, 6) is -8.10. The summed E-state index contributed by atoms with van der Waals surface area (Å²) in [6.07, 6.45) is -5.42. The van der Waals surface area contributed by atoms with Crippen molar-refractivity contribution < 1.29 is 49.6 Å². The van der Waals surface area contributed by atoms with E-state index >= 15 is 13.2 Å². The molecule has 49 heavy (non-hydrogen) atoms. The van der Waals surface area contributed by atoms with Crippen LogP contribution in [0.3, 0.4) is 0 Å². The van der Waals surface area contributed by atoms with Crippen molar-refractivity contribution in [3.8, 4) is 22.8 Å². The second-order valence-electron chi connectivity index (χ2n) is 12.6. The fourth-order valence-electron chi connectivity index (χ4n) is 5.49. The van der Waals surface area contributed by atoms with E-state index in [1.807, 2.05) is 0 Å². The molecule has 2 aromatic carbocycles. The van der Waals surface area contributed by atoms with Crippen LogP contribution in [0.4, 0.5) is 42.8 Å². The number of halogens is 6. The molecule has 0 spiro atoms. The number of nitrogens with one attached hydrogen (secondary N) is 1. The number of carbonyl (C=O) groups excluding carboxylic acids is 2. The molecule has 2 aromatic heterocycles. The van der Waals surface area contributed by atoms with Gasteiger partial charge in [0.2, 0.25) is 11.7 Å². The van der Waals surface area contributed by atoms with Crippen LogP contribution in [-0.4, -0.2) is 57.1 Å². The lowest BCUT2D eigenvalue weighted by atomic mass is 9.99. The minimum atomic E-state index is -4.85. The highest BCUT2D eigenvalue weighted by atomic mass is 19.4. The van der Waals surface area contributed by atoms with Crippen molar-refractivity contribution in [1.82, 2.24) is 25.7 Å². The summed E-state index contributed by atoms with van der Waals surface area (Å²) in [5.41, 5.74) is -2.12. The maximum atomic E-state index is 15.9. The average molecular weight is 694 g/mol. The van der Waals surface area contributed by atoms with Gasteiger partial charge in [0.1, 0.15) is 17.5 Å². The van der Waals surface area contributed by atoms with E-state index in [0.29, 0.717) is 24.7 Å². The zero-order chi connectivity index (χ0) is 35.3. The molecule has 4 aromatic rings. The number of anilines is 2. The van der Waals surface area contributed by atoms with Gasteiger partial charge in [-0.25, -0.2) is 18.0 Å². The molecule has 0 unspecified atom stereocenters. The Labute approximate surface area is 274 Å². The molecule has 0 radical (unpaired) electrons. The van der Waals surface area contributed by atoms with Crippen LogP contribution in [0.5, 0.6) is 0 Å². The summed E-state index contributed by atoms with van der Waals surface area (Å²) in [6.45, 7) is 5.56. The van der Waals surface area contributed by atoms with Crippen LogP contribution >= 0.6 is 0 Å². The van der Waals surface area contributed by atoms with Crippen LogP contribution in [0, 0.1) is 5.82 Å². The van der Waals surface area contributed by atoms with Crippen molar-refractivity contribution in [3.05, 3.63) is 59.2 Å². The average Bonchev–Trinajstić information content (AvgIpc) is 3.79. The van der Waals surface area contributed by atoms with Crippen LogP contribution in [0.25, 0.3) is 22.8 Å². The highest BCUT2D eigenvalue weighted by molar-refractivity contribution is 6.01. The second-order valence-corrected chi connectivity index (χ2v) is 12.6. The molecule has 1 fully saturated rings. The summed E-state index contributed by atoms with van der Waals surface area (Å²) in [5, 5.41) is 13.5. The van der Waals surface area contributed by atoms with Crippen molar-refractivity contribution in [1.29, 1.82) is 0 Å². The number of alkyl carbamates (subject to hydrolysis) is 1. The van der Waals surface area contributed by atoms with Crippen LogP contribution < -0.4 is 15.1 Å². The number of aromatic nitrogens is 4. The summed E-state index contributed by atoms with van der Waals surface area (Å²) in [4.78, 5) is 32.8. The Balaban J connectivity index is 1.38. The Hall–Kier alpha value is -5.16. The molecule has 2 aliphatic heterocycles. The monoisotopic (exact) mass is 693 g/mol. The van der Waals surface area contributed by atoms with Gasteiger partial charge in [0, 0.05) is 30.6 Å². The van der Waals surface area contributed by atoms with Crippen LogP contribution in [0.2, 0.25) is 0 Å². The largest absolute Gasteiger partial charge is 0.471 e.